The highest BCUT2D eigenvalue weighted by atomic mass is 35.5. The first-order chi connectivity index (χ1) is 8.90. The second kappa shape index (κ2) is 10.6. The fourth-order valence-corrected chi connectivity index (χ4v) is 2.61. The third-order valence-electron chi connectivity index (χ3n) is 3.62. The molecule has 1 heterocycles. The lowest BCUT2D eigenvalue weighted by Crippen LogP contribution is -2.58. The van der Waals surface area contributed by atoms with Gasteiger partial charge in [0.2, 0.25) is 0 Å². The van der Waals surface area contributed by atoms with Crippen molar-refractivity contribution in [1.82, 2.24) is 10.2 Å². The summed E-state index contributed by atoms with van der Waals surface area (Å²) in [6.45, 7) is 12.0. The summed E-state index contributed by atoms with van der Waals surface area (Å²) in [5.74, 6) is 0.458. The molecule has 1 saturated heterocycles. The monoisotopic (exact) mass is 343 g/mol. The van der Waals surface area contributed by atoms with E-state index in [0.29, 0.717) is 25.6 Å². The maximum absolute atomic E-state index is 12.3. The minimum Gasteiger partial charge on any atom is -0.366 e. The number of nitrogens with two attached hydrogens (primary N) is 1. The lowest BCUT2D eigenvalue weighted by molar-refractivity contribution is -0.140. The number of carbonyl (C=O) groups is 1. The number of nitrogens with zero attached hydrogens (tertiary/aromatic N) is 1. The zero-order valence-electron chi connectivity index (χ0n) is 13.6. The predicted molar refractivity (Wildman–Crippen MR) is 91.4 cm³/mol. The van der Waals surface area contributed by atoms with Crippen molar-refractivity contribution in [2.24, 2.45) is 11.7 Å². The number of carbonyl (C=O) groups excluding carboxylic acids is 1. The maximum Gasteiger partial charge on any atom is 0.250 e. The fraction of sp³-hybridized carbons (Fsp3) is 0.929. The van der Waals surface area contributed by atoms with Crippen LogP contribution in [0.2, 0.25) is 0 Å². The van der Waals surface area contributed by atoms with Gasteiger partial charge in [0, 0.05) is 25.2 Å². The van der Waals surface area contributed by atoms with E-state index in [4.69, 9.17) is 10.5 Å². The minimum absolute atomic E-state index is 0. The van der Waals surface area contributed by atoms with Crippen molar-refractivity contribution in [2.45, 2.75) is 45.8 Å². The Morgan fingerprint density at radius 1 is 1.48 bits per heavy atom. The number of rotatable bonds is 6. The van der Waals surface area contributed by atoms with Crippen LogP contribution in [0.3, 0.4) is 0 Å². The van der Waals surface area contributed by atoms with Gasteiger partial charge in [0.1, 0.15) is 6.10 Å². The summed E-state index contributed by atoms with van der Waals surface area (Å²) in [6.07, 6.45) is 0.506. The molecule has 0 aliphatic carbocycles. The smallest absolute Gasteiger partial charge is 0.250 e. The molecule has 2 unspecified atom stereocenters. The molecule has 5 nitrogen and oxygen atoms in total. The highest BCUT2D eigenvalue weighted by Crippen LogP contribution is 2.16. The van der Waals surface area contributed by atoms with Crippen molar-refractivity contribution in [1.29, 1.82) is 0 Å². The summed E-state index contributed by atoms with van der Waals surface area (Å²) in [7, 11) is 0. The minimum atomic E-state index is -0.369. The molecule has 0 aromatic carbocycles. The fourth-order valence-electron chi connectivity index (χ4n) is 2.61. The number of likely N-dealkylation sites (N-methyl/N-ethyl adjacent to an activating group) is 1. The van der Waals surface area contributed by atoms with Crippen LogP contribution in [0.4, 0.5) is 0 Å². The van der Waals surface area contributed by atoms with Gasteiger partial charge in [-0.1, -0.05) is 20.8 Å². The van der Waals surface area contributed by atoms with E-state index in [1.807, 2.05) is 6.92 Å². The lowest BCUT2D eigenvalue weighted by Gasteiger charge is -2.36. The van der Waals surface area contributed by atoms with Crippen molar-refractivity contribution < 1.29 is 9.53 Å². The molecule has 21 heavy (non-hydrogen) atoms. The lowest BCUT2D eigenvalue weighted by atomic mass is 9.90. The maximum atomic E-state index is 12.3. The second-order valence-corrected chi connectivity index (χ2v) is 6.10. The Morgan fingerprint density at radius 2 is 2.10 bits per heavy atom. The van der Waals surface area contributed by atoms with Crippen LogP contribution >= 0.6 is 24.8 Å². The Labute approximate surface area is 141 Å². The number of nitrogens with one attached hydrogen (secondary N) is 1. The highest BCUT2D eigenvalue weighted by molar-refractivity contribution is 5.85. The zero-order valence-corrected chi connectivity index (χ0v) is 15.2. The predicted octanol–water partition coefficient (Wildman–Crippen LogP) is 1.43. The standard InChI is InChI=1S/C14H29N3O2.2ClH/c1-5-17-6-7-19-12(9-17)13(18)16-14(4,10-15)8-11(2)3;;/h11-12H,5-10,15H2,1-4H3,(H,16,18);2*1H. The third kappa shape index (κ3) is 7.66. The van der Waals surface area contributed by atoms with E-state index < -0.39 is 0 Å². The van der Waals surface area contributed by atoms with E-state index in [9.17, 15) is 4.79 Å². The Kier molecular flexibility index (Phi) is 11.7. The third-order valence-corrected chi connectivity index (χ3v) is 3.62. The van der Waals surface area contributed by atoms with Crippen LogP contribution in [0.1, 0.15) is 34.1 Å². The van der Waals surface area contributed by atoms with Gasteiger partial charge < -0.3 is 15.8 Å². The van der Waals surface area contributed by atoms with Crippen LogP contribution in [-0.4, -0.2) is 55.2 Å². The van der Waals surface area contributed by atoms with Gasteiger partial charge in [-0.05, 0) is 25.8 Å². The van der Waals surface area contributed by atoms with Crippen molar-refractivity contribution in [3.8, 4) is 0 Å². The van der Waals surface area contributed by atoms with Crippen LogP contribution in [0.15, 0.2) is 0 Å². The average Bonchev–Trinajstić information content (AvgIpc) is 2.37. The molecular weight excluding hydrogens is 313 g/mol. The molecule has 3 N–H and O–H groups in total. The van der Waals surface area contributed by atoms with Crippen LogP contribution in [0.25, 0.3) is 0 Å². The Hall–Kier alpha value is -0.0700. The number of hydrogen-bond acceptors (Lipinski definition) is 4. The second-order valence-electron chi connectivity index (χ2n) is 6.10. The largest absolute Gasteiger partial charge is 0.366 e. The Morgan fingerprint density at radius 3 is 2.57 bits per heavy atom. The number of hydrogen-bond donors (Lipinski definition) is 2. The first kappa shape index (κ1) is 23.2. The summed E-state index contributed by atoms with van der Waals surface area (Å²) in [5, 5.41) is 3.07. The Balaban J connectivity index is 0. The summed E-state index contributed by atoms with van der Waals surface area (Å²) < 4.78 is 5.57. The molecule has 7 heteroatoms. The van der Waals surface area contributed by atoms with Crippen LogP contribution in [0.5, 0.6) is 0 Å². The van der Waals surface area contributed by atoms with E-state index in [1.54, 1.807) is 0 Å². The van der Waals surface area contributed by atoms with Crippen LogP contribution < -0.4 is 11.1 Å². The van der Waals surface area contributed by atoms with Gasteiger partial charge in [-0.3, -0.25) is 9.69 Å². The zero-order chi connectivity index (χ0) is 14.5. The number of morpholine rings is 1. The molecule has 0 aromatic heterocycles. The van der Waals surface area contributed by atoms with E-state index in [2.05, 4.69) is 31.0 Å². The molecule has 0 radical (unpaired) electrons. The van der Waals surface area contributed by atoms with Crippen molar-refractivity contribution in [3.63, 3.8) is 0 Å². The van der Waals surface area contributed by atoms with Crippen LogP contribution in [0, 0.1) is 5.92 Å². The topological polar surface area (TPSA) is 67.6 Å². The molecule has 0 saturated carbocycles. The number of ether oxygens (including phenoxy) is 1. The van der Waals surface area contributed by atoms with Gasteiger partial charge in [0.15, 0.2) is 0 Å². The summed E-state index contributed by atoms with van der Waals surface area (Å²) in [5.41, 5.74) is 5.48. The van der Waals surface area contributed by atoms with E-state index in [0.717, 1.165) is 19.5 Å². The van der Waals surface area contributed by atoms with Gasteiger partial charge in [0.25, 0.3) is 5.91 Å². The highest BCUT2D eigenvalue weighted by Gasteiger charge is 2.32. The summed E-state index contributed by atoms with van der Waals surface area (Å²) >= 11 is 0. The van der Waals surface area contributed by atoms with E-state index in [-0.39, 0.29) is 42.4 Å². The normalized spacial score (nSPS) is 21.9. The SMILES string of the molecule is CCN1CCOC(C(=O)NC(C)(CN)CC(C)C)C1.Cl.Cl. The summed E-state index contributed by atoms with van der Waals surface area (Å²) in [6, 6.07) is 0. The average molecular weight is 344 g/mol. The van der Waals surface area contributed by atoms with Crippen molar-refractivity contribution in [2.75, 3.05) is 32.8 Å². The summed E-state index contributed by atoms with van der Waals surface area (Å²) in [4.78, 5) is 14.5. The molecular formula is C14H31Cl2N3O2. The molecule has 0 spiro atoms. The molecule has 1 amide bonds. The van der Waals surface area contributed by atoms with Gasteiger partial charge in [-0.15, -0.1) is 24.8 Å². The van der Waals surface area contributed by atoms with Crippen LogP contribution in [-0.2, 0) is 9.53 Å². The Bertz CT molecular complexity index is 306. The van der Waals surface area contributed by atoms with Gasteiger partial charge in [-0.2, -0.15) is 0 Å². The van der Waals surface area contributed by atoms with Gasteiger partial charge in [0.05, 0.1) is 6.61 Å². The number of amides is 1. The first-order valence-electron chi connectivity index (χ1n) is 7.26. The van der Waals surface area contributed by atoms with E-state index >= 15 is 0 Å². The quantitative estimate of drug-likeness (QED) is 0.765. The molecule has 128 valence electrons. The molecule has 1 fully saturated rings. The van der Waals surface area contributed by atoms with Gasteiger partial charge in [-0.25, -0.2) is 0 Å². The molecule has 0 aromatic rings. The molecule has 2 atom stereocenters. The van der Waals surface area contributed by atoms with Gasteiger partial charge >= 0.3 is 0 Å². The van der Waals surface area contributed by atoms with E-state index in [1.165, 1.54) is 0 Å². The molecule has 1 aliphatic heterocycles. The van der Waals surface area contributed by atoms with Crippen molar-refractivity contribution in [3.05, 3.63) is 0 Å². The molecule has 0 bridgehead atoms. The first-order valence-corrected chi connectivity index (χ1v) is 7.26. The molecule has 1 aliphatic rings. The van der Waals surface area contributed by atoms with Crippen molar-refractivity contribution >= 4 is 30.7 Å². The number of halogens is 2. The molecule has 1 rings (SSSR count).